The minimum atomic E-state index is -0.878. The lowest BCUT2D eigenvalue weighted by atomic mass is 10.1. The number of aryl methyl sites for hydroxylation is 2. The Kier molecular flexibility index (Phi) is 6.89. The minimum absolute atomic E-state index is 0.00632. The highest BCUT2D eigenvalue weighted by atomic mass is 79.9. The van der Waals surface area contributed by atoms with E-state index in [2.05, 4.69) is 22.0 Å². The molecule has 0 aliphatic rings. The van der Waals surface area contributed by atoms with E-state index < -0.39 is 5.97 Å². The summed E-state index contributed by atoms with van der Waals surface area (Å²) in [5.41, 5.74) is 2.26. The maximum atomic E-state index is 12.2. The van der Waals surface area contributed by atoms with E-state index in [0.717, 1.165) is 15.6 Å². The zero-order valence-corrected chi connectivity index (χ0v) is 14.3. The van der Waals surface area contributed by atoms with E-state index in [1.807, 2.05) is 32.9 Å². The number of hydrogen-bond acceptors (Lipinski definition) is 2. The number of carboxylic acids is 1. The first-order valence-electron chi connectivity index (χ1n) is 7.07. The van der Waals surface area contributed by atoms with E-state index in [9.17, 15) is 9.59 Å². The van der Waals surface area contributed by atoms with Gasteiger partial charge in [0.05, 0.1) is 6.42 Å². The van der Waals surface area contributed by atoms with Gasteiger partial charge in [-0.2, -0.15) is 0 Å². The zero-order valence-electron chi connectivity index (χ0n) is 12.7. The van der Waals surface area contributed by atoms with Crippen LogP contribution in [-0.2, 0) is 16.0 Å². The number of carbonyl (C=O) groups is 2. The van der Waals surface area contributed by atoms with E-state index >= 15 is 0 Å². The topological polar surface area (TPSA) is 57.6 Å². The lowest BCUT2D eigenvalue weighted by molar-refractivity contribution is -0.139. The smallest absolute Gasteiger partial charge is 0.305 e. The Balaban J connectivity index is 2.60. The van der Waals surface area contributed by atoms with Gasteiger partial charge in [0, 0.05) is 23.5 Å². The van der Waals surface area contributed by atoms with E-state index in [1.165, 1.54) is 0 Å². The summed E-state index contributed by atoms with van der Waals surface area (Å²) in [5.74, 6) is -0.871. The summed E-state index contributed by atoms with van der Waals surface area (Å²) in [4.78, 5) is 24.5. The van der Waals surface area contributed by atoms with E-state index in [4.69, 9.17) is 5.11 Å². The molecular formula is C16H22BrNO3. The molecule has 116 valence electrons. The van der Waals surface area contributed by atoms with E-state index in [0.29, 0.717) is 12.8 Å². The Morgan fingerprint density at radius 1 is 1.29 bits per heavy atom. The normalized spacial score (nSPS) is 10.7. The van der Waals surface area contributed by atoms with Crippen LogP contribution in [0.1, 0.15) is 37.8 Å². The molecule has 1 amide bonds. The van der Waals surface area contributed by atoms with Crippen molar-refractivity contribution in [1.29, 1.82) is 0 Å². The number of hydrogen-bond donors (Lipinski definition) is 1. The quantitative estimate of drug-likeness (QED) is 0.815. The van der Waals surface area contributed by atoms with Gasteiger partial charge in [-0.05, 0) is 44.4 Å². The van der Waals surface area contributed by atoms with Crippen molar-refractivity contribution in [1.82, 2.24) is 4.90 Å². The standard InChI is InChI=1S/C16H22BrNO3/c1-11(2)18(9-8-16(20)21)15(19)7-5-13-4-6-14(17)12(3)10-13/h4,6,10-11H,5,7-9H2,1-3H3,(H,20,21). The molecule has 1 N–H and O–H groups in total. The van der Waals surface area contributed by atoms with Crippen molar-refractivity contribution in [3.8, 4) is 0 Å². The molecule has 21 heavy (non-hydrogen) atoms. The first-order chi connectivity index (χ1) is 9.81. The first kappa shape index (κ1) is 17.7. The summed E-state index contributed by atoms with van der Waals surface area (Å²) in [6, 6.07) is 6.07. The molecule has 0 saturated carbocycles. The van der Waals surface area contributed by atoms with Gasteiger partial charge in [-0.3, -0.25) is 9.59 Å². The number of nitrogens with zero attached hydrogens (tertiary/aromatic N) is 1. The Morgan fingerprint density at radius 3 is 2.48 bits per heavy atom. The number of benzene rings is 1. The average Bonchev–Trinajstić information content (AvgIpc) is 2.39. The number of aliphatic carboxylic acids is 1. The number of carbonyl (C=O) groups excluding carboxylic acids is 1. The Hall–Kier alpha value is -1.36. The molecule has 0 unspecified atom stereocenters. The molecule has 0 aliphatic heterocycles. The van der Waals surface area contributed by atoms with Gasteiger partial charge in [-0.1, -0.05) is 28.1 Å². The molecule has 0 heterocycles. The maximum absolute atomic E-state index is 12.2. The van der Waals surface area contributed by atoms with Crippen molar-refractivity contribution in [2.24, 2.45) is 0 Å². The third-order valence-electron chi connectivity index (χ3n) is 3.36. The van der Waals surface area contributed by atoms with E-state index in [1.54, 1.807) is 4.90 Å². The molecule has 0 atom stereocenters. The predicted octanol–water partition coefficient (Wildman–Crippen LogP) is 3.40. The van der Waals surface area contributed by atoms with Crippen molar-refractivity contribution in [3.63, 3.8) is 0 Å². The fourth-order valence-corrected chi connectivity index (χ4v) is 2.39. The maximum Gasteiger partial charge on any atom is 0.305 e. The van der Waals surface area contributed by atoms with Gasteiger partial charge < -0.3 is 10.0 Å². The number of rotatable bonds is 7. The van der Waals surface area contributed by atoms with Gasteiger partial charge in [0.15, 0.2) is 0 Å². The summed E-state index contributed by atoms with van der Waals surface area (Å²) in [6.07, 6.45) is 1.06. The van der Waals surface area contributed by atoms with Gasteiger partial charge >= 0.3 is 5.97 Å². The summed E-state index contributed by atoms with van der Waals surface area (Å²) in [7, 11) is 0. The van der Waals surface area contributed by atoms with Crippen LogP contribution in [0.2, 0.25) is 0 Å². The molecule has 1 aromatic rings. The van der Waals surface area contributed by atoms with Crippen molar-refractivity contribution in [2.75, 3.05) is 6.54 Å². The molecule has 0 aromatic heterocycles. The molecular weight excluding hydrogens is 334 g/mol. The summed E-state index contributed by atoms with van der Waals surface area (Å²) >= 11 is 3.45. The third-order valence-corrected chi connectivity index (χ3v) is 4.25. The highest BCUT2D eigenvalue weighted by molar-refractivity contribution is 9.10. The average molecular weight is 356 g/mol. The second kappa shape index (κ2) is 8.17. The van der Waals surface area contributed by atoms with Crippen molar-refractivity contribution in [2.45, 2.75) is 46.1 Å². The molecule has 1 aromatic carbocycles. The van der Waals surface area contributed by atoms with Crippen LogP contribution in [0.15, 0.2) is 22.7 Å². The molecule has 0 radical (unpaired) electrons. The van der Waals surface area contributed by atoms with Crippen LogP contribution >= 0.6 is 15.9 Å². The Morgan fingerprint density at radius 2 is 1.95 bits per heavy atom. The fourth-order valence-electron chi connectivity index (χ4n) is 2.14. The van der Waals surface area contributed by atoms with Crippen molar-refractivity contribution < 1.29 is 14.7 Å². The van der Waals surface area contributed by atoms with Crippen LogP contribution in [0.4, 0.5) is 0 Å². The minimum Gasteiger partial charge on any atom is -0.481 e. The van der Waals surface area contributed by atoms with Gasteiger partial charge in [0.2, 0.25) is 5.91 Å². The number of carboxylic acid groups (broad SMARTS) is 1. The second-order valence-electron chi connectivity index (χ2n) is 5.41. The van der Waals surface area contributed by atoms with Crippen LogP contribution in [0, 0.1) is 6.92 Å². The zero-order chi connectivity index (χ0) is 16.0. The summed E-state index contributed by atoms with van der Waals surface area (Å²) in [6.45, 7) is 6.10. The van der Waals surface area contributed by atoms with Gasteiger partial charge in [-0.25, -0.2) is 0 Å². The van der Waals surface area contributed by atoms with Gasteiger partial charge in [0.1, 0.15) is 0 Å². The van der Waals surface area contributed by atoms with Crippen LogP contribution in [0.3, 0.4) is 0 Å². The van der Waals surface area contributed by atoms with Crippen LogP contribution in [-0.4, -0.2) is 34.5 Å². The Labute approximate surface area is 134 Å². The molecule has 0 spiro atoms. The molecule has 4 nitrogen and oxygen atoms in total. The van der Waals surface area contributed by atoms with Crippen LogP contribution < -0.4 is 0 Å². The van der Waals surface area contributed by atoms with Gasteiger partial charge in [0.25, 0.3) is 0 Å². The molecule has 0 bridgehead atoms. The lowest BCUT2D eigenvalue weighted by Gasteiger charge is -2.26. The van der Waals surface area contributed by atoms with Crippen molar-refractivity contribution in [3.05, 3.63) is 33.8 Å². The van der Waals surface area contributed by atoms with Gasteiger partial charge in [-0.15, -0.1) is 0 Å². The molecule has 0 saturated heterocycles. The molecule has 0 aliphatic carbocycles. The van der Waals surface area contributed by atoms with Crippen molar-refractivity contribution >= 4 is 27.8 Å². The van der Waals surface area contributed by atoms with Crippen LogP contribution in [0.5, 0.6) is 0 Å². The highest BCUT2D eigenvalue weighted by Crippen LogP contribution is 2.18. The molecule has 1 rings (SSSR count). The fraction of sp³-hybridized carbons (Fsp3) is 0.500. The predicted molar refractivity (Wildman–Crippen MR) is 86.3 cm³/mol. The van der Waals surface area contributed by atoms with E-state index in [-0.39, 0.29) is 24.9 Å². The monoisotopic (exact) mass is 355 g/mol. The second-order valence-corrected chi connectivity index (χ2v) is 6.26. The number of amides is 1. The Bertz CT molecular complexity index is 514. The summed E-state index contributed by atoms with van der Waals surface area (Å²) < 4.78 is 1.06. The largest absolute Gasteiger partial charge is 0.481 e. The number of halogens is 1. The van der Waals surface area contributed by atoms with Crippen LogP contribution in [0.25, 0.3) is 0 Å². The first-order valence-corrected chi connectivity index (χ1v) is 7.87. The third kappa shape index (κ3) is 5.87. The lowest BCUT2D eigenvalue weighted by Crippen LogP contribution is -2.38. The SMILES string of the molecule is Cc1cc(CCC(=O)N(CCC(=O)O)C(C)C)ccc1Br. The summed E-state index contributed by atoms with van der Waals surface area (Å²) in [5, 5.41) is 8.75. The molecule has 5 heteroatoms. The molecule has 0 fully saturated rings. The highest BCUT2D eigenvalue weighted by Gasteiger charge is 2.17.